The van der Waals surface area contributed by atoms with E-state index in [2.05, 4.69) is 4.74 Å². The lowest BCUT2D eigenvalue weighted by atomic mass is 10.3. The van der Waals surface area contributed by atoms with Gasteiger partial charge < -0.3 is 10.5 Å². The minimum atomic E-state index is -4.25. The number of ether oxygens (including phenoxy) is 1. The number of hydrogen-bond donors (Lipinski definition) is 1. The maximum Gasteiger partial charge on any atom is 0.411 e. The molecule has 16 heavy (non-hydrogen) atoms. The third-order valence-corrected chi connectivity index (χ3v) is 2.72. The van der Waals surface area contributed by atoms with Crippen LogP contribution in [0, 0.1) is 0 Å². The summed E-state index contributed by atoms with van der Waals surface area (Å²) in [5, 5.41) is 0. The van der Waals surface area contributed by atoms with Crippen molar-refractivity contribution in [3.05, 3.63) is 24.3 Å². The van der Waals surface area contributed by atoms with Crippen molar-refractivity contribution in [3.63, 3.8) is 0 Å². The fraction of sp³-hybridized carbons (Fsp3) is 0.400. The summed E-state index contributed by atoms with van der Waals surface area (Å²) in [6, 6.07) is 7.21. The Hall–Kier alpha value is -0.880. The Bertz CT molecular complexity index is 330. The van der Waals surface area contributed by atoms with Gasteiger partial charge in [-0.3, -0.25) is 0 Å². The van der Waals surface area contributed by atoms with Gasteiger partial charge in [0.15, 0.2) is 0 Å². The summed E-state index contributed by atoms with van der Waals surface area (Å²) in [4.78, 5) is 0.859. The van der Waals surface area contributed by atoms with E-state index in [1.165, 1.54) is 11.8 Å². The van der Waals surface area contributed by atoms with Crippen LogP contribution in [0.15, 0.2) is 29.2 Å². The predicted octanol–water partition coefficient (Wildman–Crippen LogP) is 2.94. The van der Waals surface area contributed by atoms with Crippen LogP contribution in [0.1, 0.15) is 0 Å². The Kier molecular flexibility index (Phi) is 4.95. The van der Waals surface area contributed by atoms with Crippen LogP contribution in [0.4, 0.5) is 18.9 Å². The van der Waals surface area contributed by atoms with Gasteiger partial charge in [0.25, 0.3) is 0 Å². The van der Waals surface area contributed by atoms with Crippen LogP contribution < -0.4 is 5.73 Å². The lowest BCUT2D eigenvalue weighted by Crippen LogP contribution is -2.17. The number of para-hydroxylation sites is 1. The van der Waals surface area contributed by atoms with Gasteiger partial charge in [0, 0.05) is 16.3 Å². The second kappa shape index (κ2) is 6.00. The fourth-order valence-electron chi connectivity index (χ4n) is 1.01. The first-order valence-corrected chi connectivity index (χ1v) is 5.59. The Labute approximate surface area is 96.0 Å². The molecule has 0 atom stereocenters. The normalized spacial score (nSPS) is 11.7. The smallest absolute Gasteiger partial charge is 0.398 e. The summed E-state index contributed by atoms with van der Waals surface area (Å²) < 4.78 is 39.6. The maximum atomic E-state index is 11.7. The molecule has 0 aliphatic carbocycles. The van der Waals surface area contributed by atoms with Crippen molar-refractivity contribution in [1.82, 2.24) is 0 Å². The average molecular weight is 251 g/mol. The highest BCUT2D eigenvalue weighted by atomic mass is 32.2. The molecule has 0 heterocycles. The van der Waals surface area contributed by atoms with Crippen molar-refractivity contribution in [2.45, 2.75) is 11.1 Å². The van der Waals surface area contributed by atoms with Gasteiger partial charge in [-0.1, -0.05) is 12.1 Å². The van der Waals surface area contributed by atoms with E-state index in [0.717, 1.165) is 4.90 Å². The second-order valence-corrected chi connectivity index (χ2v) is 4.19. The maximum absolute atomic E-state index is 11.7. The molecule has 0 spiro atoms. The van der Waals surface area contributed by atoms with Gasteiger partial charge in [0.1, 0.15) is 6.61 Å². The molecular weight excluding hydrogens is 239 g/mol. The van der Waals surface area contributed by atoms with E-state index in [9.17, 15) is 13.2 Å². The van der Waals surface area contributed by atoms with Crippen LogP contribution in [-0.2, 0) is 4.74 Å². The quantitative estimate of drug-likeness (QED) is 0.496. The molecule has 1 aromatic rings. The Morgan fingerprint density at radius 3 is 2.56 bits per heavy atom. The first kappa shape index (κ1) is 13.2. The first-order valence-electron chi connectivity index (χ1n) is 4.61. The number of halogens is 3. The topological polar surface area (TPSA) is 35.2 Å². The van der Waals surface area contributed by atoms with Crippen molar-refractivity contribution >= 4 is 17.4 Å². The number of thioether (sulfide) groups is 1. The van der Waals surface area contributed by atoms with Gasteiger partial charge in [-0.05, 0) is 12.1 Å². The third kappa shape index (κ3) is 5.27. The van der Waals surface area contributed by atoms with Gasteiger partial charge in [0.05, 0.1) is 6.61 Å². The monoisotopic (exact) mass is 251 g/mol. The van der Waals surface area contributed by atoms with E-state index >= 15 is 0 Å². The minimum absolute atomic E-state index is 0.0541. The van der Waals surface area contributed by atoms with Gasteiger partial charge in [-0.15, -0.1) is 11.8 Å². The predicted molar refractivity (Wildman–Crippen MR) is 58.5 cm³/mol. The van der Waals surface area contributed by atoms with E-state index in [1.54, 1.807) is 12.1 Å². The molecule has 0 aliphatic rings. The van der Waals surface area contributed by atoms with Crippen LogP contribution in [0.25, 0.3) is 0 Å². The highest BCUT2D eigenvalue weighted by Gasteiger charge is 2.27. The number of nitrogens with two attached hydrogens (primary N) is 1. The number of anilines is 1. The van der Waals surface area contributed by atoms with E-state index in [0.29, 0.717) is 11.4 Å². The summed E-state index contributed by atoms with van der Waals surface area (Å²) in [6.45, 7) is -1.14. The highest BCUT2D eigenvalue weighted by molar-refractivity contribution is 7.99. The van der Waals surface area contributed by atoms with Gasteiger partial charge >= 0.3 is 6.18 Å². The molecule has 6 heteroatoms. The van der Waals surface area contributed by atoms with Gasteiger partial charge in [0.2, 0.25) is 0 Å². The molecule has 0 saturated carbocycles. The molecule has 1 aromatic carbocycles. The van der Waals surface area contributed by atoms with Crippen molar-refractivity contribution in [2.75, 3.05) is 24.7 Å². The molecule has 2 N–H and O–H groups in total. The van der Waals surface area contributed by atoms with Crippen LogP contribution >= 0.6 is 11.8 Å². The lowest BCUT2D eigenvalue weighted by molar-refractivity contribution is -0.172. The molecule has 0 unspecified atom stereocenters. The lowest BCUT2D eigenvalue weighted by Gasteiger charge is -2.08. The molecule has 2 nitrogen and oxygen atoms in total. The van der Waals surface area contributed by atoms with Crippen molar-refractivity contribution in [2.24, 2.45) is 0 Å². The number of alkyl halides is 3. The Morgan fingerprint density at radius 2 is 1.94 bits per heavy atom. The second-order valence-electron chi connectivity index (χ2n) is 3.05. The number of rotatable bonds is 5. The summed E-state index contributed by atoms with van der Waals surface area (Å²) in [6.07, 6.45) is -4.25. The largest absolute Gasteiger partial charge is 0.411 e. The summed E-state index contributed by atoms with van der Waals surface area (Å²) >= 11 is 1.38. The molecular formula is C10H12F3NOS. The van der Waals surface area contributed by atoms with E-state index < -0.39 is 12.8 Å². The van der Waals surface area contributed by atoms with E-state index in [-0.39, 0.29) is 6.61 Å². The molecule has 0 aromatic heterocycles. The molecule has 0 radical (unpaired) electrons. The average Bonchev–Trinajstić information content (AvgIpc) is 2.18. The standard InChI is InChI=1S/C10H12F3NOS/c11-10(12,13)7-15-5-6-16-9-4-2-1-3-8(9)14/h1-4H,5-7,14H2. The first-order chi connectivity index (χ1) is 7.49. The van der Waals surface area contributed by atoms with Gasteiger partial charge in [-0.2, -0.15) is 13.2 Å². The SMILES string of the molecule is Nc1ccccc1SCCOCC(F)(F)F. The van der Waals surface area contributed by atoms with Gasteiger partial charge in [-0.25, -0.2) is 0 Å². The van der Waals surface area contributed by atoms with E-state index in [4.69, 9.17) is 5.73 Å². The van der Waals surface area contributed by atoms with Crippen molar-refractivity contribution in [1.29, 1.82) is 0 Å². The number of benzene rings is 1. The van der Waals surface area contributed by atoms with Crippen LogP contribution in [-0.4, -0.2) is 25.1 Å². The van der Waals surface area contributed by atoms with E-state index in [1.807, 2.05) is 12.1 Å². The minimum Gasteiger partial charge on any atom is -0.398 e. The van der Waals surface area contributed by atoms with Crippen molar-refractivity contribution < 1.29 is 17.9 Å². The molecule has 1 rings (SSSR count). The summed E-state index contributed by atoms with van der Waals surface area (Å²) in [5.74, 6) is 0.449. The zero-order valence-corrected chi connectivity index (χ0v) is 9.27. The fourth-order valence-corrected chi connectivity index (χ4v) is 1.84. The zero-order chi connectivity index (χ0) is 12.0. The van der Waals surface area contributed by atoms with Crippen LogP contribution in [0.2, 0.25) is 0 Å². The Balaban J connectivity index is 2.19. The molecule has 0 fully saturated rings. The third-order valence-electron chi connectivity index (χ3n) is 1.67. The Morgan fingerprint density at radius 1 is 1.25 bits per heavy atom. The van der Waals surface area contributed by atoms with Crippen LogP contribution in [0.5, 0.6) is 0 Å². The molecule has 0 aliphatic heterocycles. The summed E-state index contributed by atoms with van der Waals surface area (Å²) in [5.41, 5.74) is 6.29. The number of nitrogen functional groups attached to an aromatic ring is 1. The molecule has 90 valence electrons. The van der Waals surface area contributed by atoms with Crippen molar-refractivity contribution in [3.8, 4) is 0 Å². The van der Waals surface area contributed by atoms with Crippen LogP contribution in [0.3, 0.4) is 0 Å². The highest BCUT2D eigenvalue weighted by Crippen LogP contribution is 2.24. The number of hydrogen-bond acceptors (Lipinski definition) is 3. The zero-order valence-electron chi connectivity index (χ0n) is 8.46. The molecule has 0 saturated heterocycles. The summed E-state index contributed by atoms with van der Waals surface area (Å²) in [7, 11) is 0. The molecule has 0 bridgehead atoms. The molecule has 0 amide bonds.